The first kappa shape index (κ1) is 15.3. The van der Waals surface area contributed by atoms with Gasteiger partial charge in [-0.25, -0.2) is 0 Å². The summed E-state index contributed by atoms with van der Waals surface area (Å²) in [4.78, 5) is 1.28. The molecule has 2 aromatic rings. The molecule has 1 aromatic carbocycles. The van der Waals surface area contributed by atoms with E-state index in [2.05, 4.69) is 67.5 Å². The van der Waals surface area contributed by atoms with Gasteiger partial charge in [-0.15, -0.1) is 22.0 Å². The molecule has 0 aliphatic rings. The maximum absolute atomic E-state index is 4.19. The monoisotopic (exact) mass is 307 g/mol. The molecular weight excluding hydrogens is 286 g/mol. The highest BCUT2D eigenvalue weighted by Gasteiger charge is 2.13. The molecule has 0 atom stereocenters. The lowest BCUT2D eigenvalue weighted by Crippen LogP contribution is -2.10. The number of benzene rings is 1. The van der Waals surface area contributed by atoms with Crippen molar-refractivity contribution in [3.63, 3.8) is 0 Å². The van der Waals surface area contributed by atoms with Crippen molar-refractivity contribution < 1.29 is 0 Å². The van der Waals surface area contributed by atoms with Crippen molar-refractivity contribution in [3.05, 3.63) is 34.8 Å². The number of nitrogens with zero attached hydrogens (tertiary/aromatic N) is 2. The first-order valence-corrected chi connectivity index (χ1v) is 8.59. The van der Waals surface area contributed by atoms with Crippen LogP contribution >= 0.6 is 23.1 Å². The van der Waals surface area contributed by atoms with E-state index >= 15 is 0 Å². The van der Waals surface area contributed by atoms with Gasteiger partial charge in [0.25, 0.3) is 0 Å². The van der Waals surface area contributed by atoms with Gasteiger partial charge in [-0.1, -0.05) is 44.2 Å². The molecule has 2 rings (SSSR count). The second-order valence-corrected chi connectivity index (χ2v) is 7.71. The lowest BCUT2D eigenvalue weighted by Gasteiger charge is -2.18. The molecule has 1 N–H and O–H groups in total. The summed E-state index contributed by atoms with van der Waals surface area (Å²) in [5.41, 5.74) is 1.58. The van der Waals surface area contributed by atoms with Crippen LogP contribution in [0.2, 0.25) is 0 Å². The second-order valence-electron chi connectivity index (χ2n) is 5.59. The van der Waals surface area contributed by atoms with Gasteiger partial charge >= 0.3 is 0 Å². The fourth-order valence-electron chi connectivity index (χ4n) is 1.73. The van der Waals surface area contributed by atoms with Crippen LogP contribution in [-0.2, 0) is 11.2 Å². The zero-order chi connectivity index (χ0) is 14.6. The highest BCUT2D eigenvalue weighted by Crippen LogP contribution is 2.28. The maximum Gasteiger partial charge on any atom is 0.205 e. The molecule has 0 bridgehead atoms. The van der Waals surface area contributed by atoms with Crippen LogP contribution < -0.4 is 5.32 Å². The zero-order valence-electron chi connectivity index (χ0n) is 12.4. The molecule has 3 nitrogen and oxygen atoms in total. The molecule has 1 aromatic heterocycles. The average molecular weight is 307 g/mol. The highest BCUT2D eigenvalue weighted by atomic mass is 32.2. The van der Waals surface area contributed by atoms with Crippen LogP contribution in [0.25, 0.3) is 0 Å². The first-order chi connectivity index (χ1) is 9.49. The van der Waals surface area contributed by atoms with Gasteiger partial charge in [0.05, 0.1) is 5.75 Å². The molecule has 0 saturated heterocycles. The fraction of sp³-hybridized carbons (Fsp3) is 0.467. The number of hydrogen-bond donors (Lipinski definition) is 1. The quantitative estimate of drug-likeness (QED) is 0.822. The molecule has 0 saturated carbocycles. The summed E-state index contributed by atoms with van der Waals surface area (Å²) in [5, 5.41) is 13.5. The van der Waals surface area contributed by atoms with E-state index in [1.54, 1.807) is 23.1 Å². The number of aromatic nitrogens is 2. The van der Waals surface area contributed by atoms with Crippen LogP contribution in [0.5, 0.6) is 0 Å². The Bertz CT molecular complexity index is 541. The van der Waals surface area contributed by atoms with Gasteiger partial charge in [0, 0.05) is 11.4 Å². The number of hydrogen-bond acceptors (Lipinski definition) is 5. The van der Waals surface area contributed by atoms with Gasteiger partial charge in [0.1, 0.15) is 5.01 Å². The summed E-state index contributed by atoms with van der Waals surface area (Å²) >= 11 is 3.43. The Morgan fingerprint density at radius 1 is 1.15 bits per heavy atom. The Hall–Kier alpha value is -1.07. The molecule has 1 heterocycles. The largest absolute Gasteiger partial charge is 0.360 e. The minimum absolute atomic E-state index is 0.211. The molecule has 108 valence electrons. The maximum atomic E-state index is 4.19. The van der Waals surface area contributed by atoms with Gasteiger partial charge < -0.3 is 5.32 Å². The van der Waals surface area contributed by atoms with Crippen LogP contribution in [0.3, 0.4) is 0 Å². The van der Waals surface area contributed by atoms with Crippen molar-refractivity contribution in [3.8, 4) is 0 Å². The Morgan fingerprint density at radius 3 is 2.45 bits per heavy atom. The predicted molar refractivity (Wildman–Crippen MR) is 88.8 cm³/mol. The van der Waals surface area contributed by atoms with E-state index < -0.39 is 0 Å². The molecule has 0 unspecified atom stereocenters. The molecule has 0 spiro atoms. The smallest absolute Gasteiger partial charge is 0.205 e. The minimum Gasteiger partial charge on any atom is -0.360 e. The Kier molecular flexibility index (Phi) is 5.05. The Labute approximate surface area is 129 Å². The molecule has 0 amide bonds. The topological polar surface area (TPSA) is 37.8 Å². The van der Waals surface area contributed by atoms with Crippen LogP contribution in [0.4, 0.5) is 5.13 Å². The molecule has 0 aliphatic heterocycles. The Balaban J connectivity index is 1.93. The highest BCUT2D eigenvalue weighted by molar-refractivity contribution is 7.98. The summed E-state index contributed by atoms with van der Waals surface area (Å²) in [6, 6.07) is 8.81. The predicted octanol–water partition coefficient (Wildman–Crippen LogP) is 4.56. The molecular formula is C15H21N3S2. The second kappa shape index (κ2) is 6.59. The van der Waals surface area contributed by atoms with Gasteiger partial charge in [-0.3, -0.25) is 0 Å². The van der Waals surface area contributed by atoms with Crippen molar-refractivity contribution in [1.29, 1.82) is 0 Å². The van der Waals surface area contributed by atoms with E-state index in [0.717, 1.165) is 22.4 Å². The minimum atomic E-state index is 0.211. The summed E-state index contributed by atoms with van der Waals surface area (Å²) < 4.78 is 0. The molecule has 5 heteroatoms. The van der Waals surface area contributed by atoms with E-state index in [4.69, 9.17) is 0 Å². The third kappa shape index (κ3) is 4.21. The molecule has 0 fully saturated rings. The number of rotatable bonds is 5. The van der Waals surface area contributed by atoms with Gasteiger partial charge in [0.2, 0.25) is 5.13 Å². The molecule has 0 radical (unpaired) electrons. The van der Waals surface area contributed by atoms with Crippen LogP contribution in [-0.4, -0.2) is 16.7 Å². The van der Waals surface area contributed by atoms with E-state index in [1.165, 1.54) is 10.5 Å². The zero-order valence-corrected chi connectivity index (χ0v) is 14.1. The van der Waals surface area contributed by atoms with E-state index in [9.17, 15) is 0 Å². The first-order valence-electron chi connectivity index (χ1n) is 6.78. The van der Waals surface area contributed by atoms with Crippen molar-refractivity contribution in [2.75, 3.05) is 11.9 Å². The lowest BCUT2D eigenvalue weighted by molar-refractivity contribution is 0.590. The van der Waals surface area contributed by atoms with E-state index in [-0.39, 0.29) is 5.41 Å². The summed E-state index contributed by atoms with van der Waals surface area (Å²) in [7, 11) is 0. The van der Waals surface area contributed by atoms with Crippen LogP contribution in [0.15, 0.2) is 29.2 Å². The fourth-order valence-corrected chi connectivity index (χ4v) is 3.42. The third-order valence-corrected chi connectivity index (χ3v) is 4.96. The van der Waals surface area contributed by atoms with Gasteiger partial charge in [-0.05, 0) is 30.0 Å². The normalized spacial score (nSPS) is 11.6. The summed E-state index contributed by atoms with van der Waals surface area (Å²) in [6.07, 6.45) is 0. The van der Waals surface area contributed by atoms with Crippen molar-refractivity contribution in [1.82, 2.24) is 10.2 Å². The Morgan fingerprint density at radius 2 is 1.85 bits per heavy atom. The number of nitrogens with one attached hydrogen (secondary N) is 1. The third-order valence-electron chi connectivity index (χ3n) is 2.88. The van der Waals surface area contributed by atoms with E-state index in [1.807, 2.05) is 0 Å². The SMILES string of the molecule is CCNc1nnc(CSc2ccc(C(C)(C)C)cc2)s1. The van der Waals surface area contributed by atoms with Crippen molar-refractivity contribution >= 4 is 28.2 Å². The lowest BCUT2D eigenvalue weighted by atomic mass is 9.87. The molecule has 20 heavy (non-hydrogen) atoms. The van der Waals surface area contributed by atoms with E-state index in [0.29, 0.717) is 0 Å². The number of thioether (sulfide) groups is 1. The van der Waals surface area contributed by atoms with Gasteiger partial charge in [0.15, 0.2) is 0 Å². The van der Waals surface area contributed by atoms with Crippen molar-refractivity contribution in [2.24, 2.45) is 0 Å². The number of anilines is 1. The summed E-state index contributed by atoms with van der Waals surface area (Å²) in [5.74, 6) is 0.873. The van der Waals surface area contributed by atoms with Gasteiger partial charge in [-0.2, -0.15) is 0 Å². The van der Waals surface area contributed by atoms with Crippen molar-refractivity contribution in [2.45, 2.75) is 43.8 Å². The van der Waals surface area contributed by atoms with Crippen LogP contribution in [0.1, 0.15) is 38.3 Å². The molecule has 0 aliphatic carbocycles. The summed E-state index contributed by atoms with van der Waals surface area (Å²) in [6.45, 7) is 9.65. The average Bonchev–Trinajstić information content (AvgIpc) is 2.84. The van der Waals surface area contributed by atoms with Crippen LogP contribution in [0, 0.1) is 0 Å². The standard InChI is InChI=1S/C15H21N3S2/c1-5-16-14-18-17-13(20-14)10-19-12-8-6-11(7-9-12)15(2,3)4/h6-9H,5,10H2,1-4H3,(H,16,18).